The van der Waals surface area contributed by atoms with Gasteiger partial charge in [-0.3, -0.25) is 5.32 Å². The number of aryl methyl sites for hydroxylation is 3. The van der Waals surface area contributed by atoms with E-state index in [0.29, 0.717) is 18.0 Å². The summed E-state index contributed by atoms with van der Waals surface area (Å²) in [7, 11) is 0. The van der Waals surface area contributed by atoms with Gasteiger partial charge in [0.1, 0.15) is 5.82 Å². The fourth-order valence-electron chi connectivity index (χ4n) is 2.89. The number of anilines is 1. The minimum Gasteiger partial charge on any atom is -0.450 e. The lowest BCUT2D eigenvalue weighted by Crippen LogP contribution is -2.13. The highest BCUT2D eigenvalue weighted by Crippen LogP contribution is 2.25. The Morgan fingerprint density at radius 2 is 1.89 bits per heavy atom. The van der Waals surface area contributed by atoms with Gasteiger partial charge in [0.05, 0.1) is 23.4 Å². The minimum absolute atomic E-state index is 0.334. The maximum atomic E-state index is 11.6. The molecule has 0 spiro atoms. The zero-order chi connectivity index (χ0) is 19.4. The molecule has 0 atom stereocenters. The number of benzene rings is 1. The molecule has 3 rings (SSSR count). The number of thioether (sulfide) groups is 1. The highest BCUT2D eigenvalue weighted by Gasteiger charge is 2.12. The van der Waals surface area contributed by atoms with E-state index < -0.39 is 6.09 Å². The van der Waals surface area contributed by atoms with E-state index in [1.165, 1.54) is 0 Å². The Hall–Kier alpha value is -2.61. The van der Waals surface area contributed by atoms with Gasteiger partial charge in [0.25, 0.3) is 0 Å². The first-order valence-electron chi connectivity index (χ1n) is 8.88. The van der Waals surface area contributed by atoms with E-state index in [1.807, 2.05) is 38.1 Å². The molecular formula is C19H23N5O2S. The molecule has 1 aromatic carbocycles. The van der Waals surface area contributed by atoms with Crippen molar-refractivity contribution in [2.45, 2.75) is 45.1 Å². The number of amides is 1. The van der Waals surface area contributed by atoms with Crippen molar-refractivity contribution in [1.29, 1.82) is 0 Å². The fraction of sp³-hybridized carbons (Fsp3) is 0.368. The van der Waals surface area contributed by atoms with Crippen molar-refractivity contribution in [2.75, 3.05) is 11.9 Å². The van der Waals surface area contributed by atoms with E-state index in [1.54, 1.807) is 18.7 Å². The van der Waals surface area contributed by atoms with Gasteiger partial charge < -0.3 is 9.30 Å². The van der Waals surface area contributed by atoms with Crippen LogP contribution < -0.4 is 5.32 Å². The van der Waals surface area contributed by atoms with Gasteiger partial charge in [-0.25, -0.2) is 19.7 Å². The second kappa shape index (κ2) is 8.39. The number of imidazole rings is 1. The number of nitrogens with zero attached hydrogens (tertiary/aromatic N) is 4. The van der Waals surface area contributed by atoms with Crippen molar-refractivity contribution < 1.29 is 9.53 Å². The van der Waals surface area contributed by atoms with E-state index in [9.17, 15) is 4.79 Å². The van der Waals surface area contributed by atoms with Gasteiger partial charge in [-0.1, -0.05) is 11.8 Å². The molecule has 2 aromatic heterocycles. The molecule has 0 saturated carbocycles. The van der Waals surface area contributed by atoms with E-state index >= 15 is 0 Å². The number of aromatic nitrogens is 4. The molecule has 0 aliphatic rings. The van der Waals surface area contributed by atoms with Crippen LogP contribution in [0.3, 0.4) is 0 Å². The summed E-state index contributed by atoms with van der Waals surface area (Å²) in [5.74, 6) is 1.63. The van der Waals surface area contributed by atoms with Crippen LogP contribution in [0.2, 0.25) is 0 Å². The lowest BCUT2D eigenvalue weighted by Gasteiger charge is -2.07. The zero-order valence-electron chi connectivity index (χ0n) is 15.9. The van der Waals surface area contributed by atoms with Gasteiger partial charge in [0.2, 0.25) is 0 Å². The molecule has 0 fully saturated rings. The highest BCUT2D eigenvalue weighted by molar-refractivity contribution is 7.98. The second-order valence-electron chi connectivity index (χ2n) is 6.04. The summed E-state index contributed by atoms with van der Waals surface area (Å²) in [5, 5.41) is 3.47. The van der Waals surface area contributed by atoms with Gasteiger partial charge >= 0.3 is 6.09 Å². The van der Waals surface area contributed by atoms with Crippen LogP contribution in [0.25, 0.3) is 11.0 Å². The van der Waals surface area contributed by atoms with Crippen LogP contribution in [0.1, 0.15) is 31.1 Å². The highest BCUT2D eigenvalue weighted by atomic mass is 32.2. The molecule has 2 heterocycles. The zero-order valence-corrected chi connectivity index (χ0v) is 16.8. The van der Waals surface area contributed by atoms with Gasteiger partial charge in [-0.05, 0) is 52.0 Å². The summed E-state index contributed by atoms with van der Waals surface area (Å²) in [5.41, 5.74) is 4.46. The van der Waals surface area contributed by atoms with Gasteiger partial charge in [0.15, 0.2) is 5.16 Å². The lowest BCUT2D eigenvalue weighted by molar-refractivity contribution is 0.168. The Balaban J connectivity index is 1.83. The number of rotatable bonds is 6. The van der Waals surface area contributed by atoms with Crippen molar-refractivity contribution in [3.63, 3.8) is 0 Å². The summed E-state index contributed by atoms with van der Waals surface area (Å²) in [6.07, 6.45) is -0.463. The van der Waals surface area contributed by atoms with Crippen molar-refractivity contribution in [2.24, 2.45) is 0 Å². The molecule has 0 radical (unpaired) electrons. The Labute approximate surface area is 162 Å². The first-order valence-corrected chi connectivity index (χ1v) is 9.86. The monoisotopic (exact) mass is 385 g/mol. The SMILES string of the molecule is CCOC(=O)Nc1ccc2c(c1)nc(CSc1nc(C)cc(C)n1)n2CC. The molecule has 0 bridgehead atoms. The van der Waals surface area contributed by atoms with Gasteiger partial charge in [-0.2, -0.15) is 0 Å². The van der Waals surface area contributed by atoms with Crippen molar-refractivity contribution in [1.82, 2.24) is 19.5 Å². The number of hydrogen-bond donors (Lipinski definition) is 1. The second-order valence-corrected chi connectivity index (χ2v) is 6.99. The maximum absolute atomic E-state index is 11.6. The van der Waals surface area contributed by atoms with Crippen LogP contribution in [0.4, 0.5) is 10.5 Å². The third-order valence-electron chi connectivity index (χ3n) is 3.96. The summed E-state index contributed by atoms with van der Waals surface area (Å²) < 4.78 is 7.09. The third-order valence-corrected chi connectivity index (χ3v) is 4.80. The van der Waals surface area contributed by atoms with Gasteiger partial charge in [0, 0.05) is 23.6 Å². The normalized spacial score (nSPS) is 11.0. The lowest BCUT2D eigenvalue weighted by atomic mass is 10.2. The summed E-state index contributed by atoms with van der Waals surface area (Å²) in [4.78, 5) is 25.3. The molecule has 1 amide bonds. The molecule has 0 aliphatic heterocycles. The first-order chi connectivity index (χ1) is 13.0. The number of carbonyl (C=O) groups excluding carboxylic acids is 1. The first kappa shape index (κ1) is 19.2. The number of ether oxygens (including phenoxy) is 1. The molecule has 142 valence electrons. The fourth-order valence-corrected chi connectivity index (χ4v) is 3.79. The average Bonchev–Trinajstić information content (AvgIpc) is 2.96. The molecule has 7 nitrogen and oxygen atoms in total. The molecule has 27 heavy (non-hydrogen) atoms. The molecule has 8 heteroatoms. The number of carbonyl (C=O) groups is 1. The Morgan fingerprint density at radius 3 is 2.56 bits per heavy atom. The van der Waals surface area contributed by atoms with Crippen LogP contribution in [0.5, 0.6) is 0 Å². The van der Waals surface area contributed by atoms with Crippen molar-refractivity contribution in [3.8, 4) is 0 Å². The maximum Gasteiger partial charge on any atom is 0.411 e. The minimum atomic E-state index is -0.463. The van der Waals surface area contributed by atoms with Crippen LogP contribution in [-0.2, 0) is 17.0 Å². The van der Waals surface area contributed by atoms with Crippen molar-refractivity contribution in [3.05, 3.63) is 41.5 Å². The number of hydrogen-bond acceptors (Lipinski definition) is 6. The molecular weight excluding hydrogens is 362 g/mol. The van der Waals surface area contributed by atoms with E-state index in [0.717, 1.165) is 39.9 Å². The standard InChI is InChI=1S/C19H23N5O2S/c1-5-24-16-8-7-14(22-19(25)26-6-2)10-15(16)23-17(24)11-27-18-20-12(3)9-13(4)21-18/h7-10H,5-6,11H2,1-4H3,(H,22,25). The number of nitrogens with one attached hydrogen (secondary N) is 1. The molecule has 0 unspecified atom stereocenters. The molecule has 0 saturated heterocycles. The number of fused-ring (bicyclic) bond motifs is 1. The van der Waals surface area contributed by atoms with Crippen LogP contribution in [-0.4, -0.2) is 32.2 Å². The largest absolute Gasteiger partial charge is 0.450 e. The Bertz CT molecular complexity index is 950. The Morgan fingerprint density at radius 1 is 1.15 bits per heavy atom. The van der Waals surface area contributed by atoms with E-state index in [-0.39, 0.29) is 0 Å². The van der Waals surface area contributed by atoms with E-state index in [4.69, 9.17) is 9.72 Å². The van der Waals surface area contributed by atoms with Crippen molar-refractivity contribution >= 4 is 34.6 Å². The average molecular weight is 385 g/mol. The topological polar surface area (TPSA) is 81.9 Å². The quantitative estimate of drug-likeness (QED) is 0.502. The third kappa shape index (κ3) is 4.57. The predicted octanol–water partition coefficient (Wildman–Crippen LogP) is 4.32. The van der Waals surface area contributed by atoms with E-state index in [2.05, 4.69) is 26.8 Å². The summed E-state index contributed by atoms with van der Waals surface area (Å²) >= 11 is 1.57. The van der Waals surface area contributed by atoms with Crippen LogP contribution in [0, 0.1) is 13.8 Å². The molecule has 3 aromatic rings. The predicted molar refractivity (Wildman–Crippen MR) is 107 cm³/mol. The molecule has 0 aliphatic carbocycles. The summed E-state index contributed by atoms with van der Waals surface area (Å²) in [6.45, 7) is 8.95. The Kier molecular flexibility index (Phi) is 5.95. The molecule has 1 N–H and O–H groups in total. The van der Waals surface area contributed by atoms with Gasteiger partial charge in [-0.15, -0.1) is 0 Å². The van der Waals surface area contributed by atoms with Crippen LogP contribution in [0.15, 0.2) is 29.4 Å². The van der Waals surface area contributed by atoms with Crippen LogP contribution >= 0.6 is 11.8 Å². The smallest absolute Gasteiger partial charge is 0.411 e. The summed E-state index contributed by atoms with van der Waals surface area (Å²) in [6, 6.07) is 7.65.